The number of ether oxygens (including phenoxy) is 1. The average Bonchev–Trinajstić information content (AvgIpc) is 2.90. The van der Waals surface area contributed by atoms with E-state index in [-0.39, 0.29) is 12.5 Å². The van der Waals surface area contributed by atoms with Gasteiger partial charge < -0.3 is 30.7 Å². The fourth-order valence-corrected chi connectivity index (χ4v) is 4.37. The van der Waals surface area contributed by atoms with Crippen molar-refractivity contribution in [3.8, 4) is 5.75 Å². The third-order valence-corrected chi connectivity index (χ3v) is 6.28. The minimum Gasteiger partial charge on any atom is -0.494 e. The number of amides is 1. The molecule has 1 saturated heterocycles. The number of aliphatic hydroxyl groups excluding tert-OH is 1. The van der Waals surface area contributed by atoms with E-state index in [1.165, 1.54) is 12.4 Å². The summed E-state index contributed by atoms with van der Waals surface area (Å²) < 4.78 is 6.61. The zero-order chi connectivity index (χ0) is 26.2. The molecule has 1 amide bonds. The first-order valence-corrected chi connectivity index (χ1v) is 12.5. The van der Waals surface area contributed by atoms with Crippen molar-refractivity contribution >= 4 is 56.5 Å². The van der Waals surface area contributed by atoms with Gasteiger partial charge in [-0.3, -0.25) is 9.69 Å². The maximum Gasteiger partial charge on any atom is 0.247 e. The first-order valence-electron chi connectivity index (χ1n) is 11.7. The molecule has 12 heteroatoms. The molecular formula is C25H29BrN8O3. The summed E-state index contributed by atoms with van der Waals surface area (Å²) >= 11 is 3.45. The molecule has 0 radical (unpaired) electrons. The minimum atomic E-state index is -0.322. The number of rotatable bonds is 10. The first-order chi connectivity index (χ1) is 18.0. The number of methoxy groups -OCH3 is 1. The molecule has 4 N–H and O–H groups in total. The lowest BCUT2D eigenvalue weighted by Crippen LogP contribution is -2.47. The number of carbonyl (C=O) groups excluding carboxylic acids is 1. The van der Waals surface area contributed by atoms with Gasteiger partial charge in [0.15, 0.2) is 0 Å². The number of β-amino-alcohol motifs (C(OH)–C–C–N with tert-alkyl or cyclic N) is 1. The van der Waals surface area contributed by atoms with Gasteiger partial charge in [0.25, 0.3) is 0 Å². The van der Waals surface area contributed by atoms with Crippen LogP contribution in [0.5, 0.6) is 5.75 Å². The summed E-state index contributed by atoms with van der Waals surface area (Å²) in [6, 6.07) is 11.3. The molecule has 0 aliphatic carbocycles. The van der Waals surface area contributed by atoms with E-state index in [1.54, 1.807) is 13.2 Å². The fourth-order valence-electron chi connectivity index (χ4n) is 3.97. The number of aromatic nitrogens is 3. The van der Waals surface area contributed by atoms with Gasteiger partial charge in [-0.15, -0.1) is 0 Å². The van der Waals surface area contributed by atoms with Crippen molar-refractivity contribution in [2.45, 2.75) is 0 Å². The van der Waals surface area contributed by atoms with Gasteiger partial charge in [0, 0.05) is 49.0 Å². The van der Waals surface area contributed by atoms with Crippen molar-refractivity contribution in [1.29, 1.82) is 0 Å². The lowest BCUT2D eigenvalue weighted by atomic mass is 10.1. The van der Waals surface area contributed by atoms with Crippen LogP contribution in [-0.4, -0.2) is 77.3 Å². The minimum absolute atomic E-state index is 0.131. The molecular weight excluding hydrogens is 540 g/mol. The van der Waals surface area contributed by atoms with Gasteiger partial charge >= 0.3 is 0 Å². The Morgan fingerprint density at radius 3 is 2.57 bits per heavy atom. The molecule has 1 aromatic heterocycles. The van der Waals surface area contributed by atoms with Gasteiger partial charge in [-0.25, -0.2) is 9.97 Å². The number of nitrogens with one attached hydrogen (secondary N) is 3. The Morgan fingerprint density at radius 1 is 1.14 bits per heavy atom. The van der Waals surface area contributed by atoms with Crippen molar-refractivity contribution in [2.24, 2.45) is 0 Å². The molecule has 194 valence electrons. The maximum atomic E-state index is 12.2. The lowest BCUT2D eigenvalue weighted by Gasteiger charge is -2.37. The van der Waals surface area contributed by atoms with Crippen LogP contribution in [-0.2, 0) is 4.79 Å². The highest BCUT2D eigenvalue weighted by Gasteiger charge is 2.22. The zero-order valence-electron chi connectivity index (χ0n) is 20.4. The summed E-state index contributed by atoms with van der Waals surface area (Å²) in [7, 11) is 1.58. The van der Waals surface area contributed by atoms with Crippen LogP contribution in [0.4, 0.5) is 34.6 Å². The molecule has 11 nitrogen and oxygen atoms in total. The molecule has 0 bridgehead atoms. The van der Waals surface area contributed by atoms with Crippen molar-refractivity contribution < 1.29 is 14.6 Å². The predicted molar refractivity (Wildman–Crippen MR) is 148 cm³/mol. The number of hydrogen-bond donors (Lipinski definition) is 4. The summed E-state index contributed by atoms with van der Waals surface area (Å²) in [5.74, 6) is 0.910. The van der Waals surface area contributed by atoms with Crippen LogP contribution in [0.3, 0.4) is 0 Å². The van der Waals surface area contributed by atoms with Crippen molar-refractivity contribution in [3.63, 3.8) is 0 Å². The Kier molecular flexibility index (Phi) is 8.88. The number of benzene rings is 2. The number of nitrogens with zero attached hydrogens (tertiary/aromatic N) is 5. The summed E-state index contributed by atoms with van der Waals surface area (Å²) in [4.78, 5) is 29.5. The number of carbonyl (C=O) groups is 1. The number of piperazine rings is 1. The second kappa shape index (κ2) is 12.5. The monoisotopic (exact) mass is 568 g/mol. The summed E-state index contributed by atoms with van der Waals surface area (Å²) in [5.41, 5.74) is 2.82. The van der Waals surface area contributed by atoms with Gasteiger partial charge in [0.05, 0.1) is 30.8 Å². The van der Waals surface area contributed by atoms with E-state index >= 15 is 0 Å². The normalized spacial score (nSPS) is 13.6. The third kappa shape index (κ3) is 6.94. The lowest BCUT2D eigenvalue weighted by molar-refractivity contribution is -0.111. The number of hydrogen-bond acceptors (Lipinski definition) is 10. The molecule has 0 saturated carbocycles. The van der Waals surface area contributed by atoms with E-state index in [1.807, 2.05) is 30.3 Å². The molecule has 2 aromatic carbocycles. The van der Waals surface area contributed by atoms with Crippen LogP contribution in [0.1, 0.15) is 0 Å². The van der Waals surface area contributed by atoms with Crippen LogP contribution in [0.15, 0.2) is 59.9 Å². The third-order valence-electron chi connectivity index (χ3n) is 5.79. The van der Waals surface area contributed by atoms with Crippen molar-refractivity contribution in [2.75, 3.05) is 67.3 Å². The molecule has 37 heavy (non-hydrogen) atoms. The topological polar surface area (TPSA) is 128 Å². The number of halogens is 1. The summed E-state index contributed by atoms with van der Waals surface area (Å²) in [6.45, 7) is 7.43. The van der Waals surface area contributed by atoms with Crippen LogP contribution in [0, 0.1) is 0 Å². The second-order valence-corrected chi connectivity index (χ2v) is 9.12. The first kappa shape index (κ1) is 26.3. The van der Waals surface area contributed by atoms with E-state index in [2.05, 4.69) is 63.2 Å². The quantitative estimate of drug-likeness (QED) is 0.270. The summed E-state index contributed by atoms with van der Waals surface area (Å²) in [6.07, 6.45) is 2.63. The Labute approximate surface area is 223 Å². The zero-order valence-corrected chi connectivity index (χ0v) is 22.0. The molecule has 1 fully saturated rings. The largest absolute Gasteiger partial charge is 0.494 e. The Balaban J connectivity index is 1.60. The predicted octanol–water partition coefficient (Wildman–Crippen LogP) is 3.37. The molecule has 1 aliphatic rings. The molecule has 1 aliphatic heterocycles. The highest BCUT2D eigenvalue weighted by atomic mass is 79.9. The van der Waals surface area contributed by atoms with Crippen LogP contribution in [0.2, 0.25) is 0 Å². The SMILES string of the molecule is C=CC(=O)Nc1cc(Nc2ncnc(Nc3cccc(Br)c3)n2)c(OC)cc1N1CCN(CCO)CC1. The van der Waals surface area contributed by atoms with Gasteiger partial charge in [-0.05, 0) is 30.3 Å². The van der Waals surface area contributed by atoms with Gasteiger partial charge in [-0.1, -0.05) is 28.6 Å². The Bertz CT molecular complexity index is 1250. The summed E-state index contributed by atoms with van der Waals surface area (Å²) in [5, 5.41) is 18.5. The molecule has 2 heterocycles. The Hall–Kier alpha value is -3.74. The smallest absolute Gasteiger partial charge is 0.247 e. The average molecular weight is 569 g/mol. The molecule has 0 spiro atoms. The fraction of sp³-hybridized carbons (Fsp3) is 0.280. The number of aliphatic hydroxyl groups is 1. The van der Waals surface area contributed by atoms with E-state index in [0.29, 0.717) is 35.6 Å². The number of anilines is 6. The highest BCUT2D eigenvalue weighted by molar-refractivity contribution is 9.10. The van der Waals surface area contributed by atoms with Crippen molar-refractivity contribution in [3.05, 3.63) is 59.9 Å². The molecule has 4 rings (SSSR count). The molecule has 0 unspecified atom stereocenters. The van der Waals surface area contributed by atoms with Crippen LogP contribution in [0.25, 0.3) is 0 Å². The van der Waals surface area contributed by atoms with Gasteiger partial charge in [0.1, 0.15) is 12.1 Å². The van der Waals surface area contributed by atoms with Gasteiger partial charge in [-0.2, -0.15) is 4.98 Å². The van der Waals surface area contributed by atoms with E-state index in [0.717, 1.165) is 42.0 Å². The van der Waals surface area contributed by atoms with E-state index < -0.39 is 0 Å². The van der Waals surface area contributed by atoms with Crippen LogP contribution >= 0.6 is 15.9 Å². The second-order valence-electron chi connectivity index (χ2n) is 8.21. The maximum absolute atomic E-state index is 12.2. The standard InChI is InChI=1S/C25H29BrN8O3/c1-3-23(36)30-19-14-20(22(37-2)15-21(19)34-9-7-33(8-10-34)11-12-35)31-25-28-16-27-24(32-25)29-18-6-4-5-17(26)13-18/h3-6,13-16,35H,1,7-12H2,2H3,(H,30,36)(H2,27,28,29,31,32). The van der Waals surface area contributed by atoms with E-state index in [9.17, 15) is 9.90 Å². The molecule has 3 aromatic rings. The molecule has 0 atom stereocenters. The highest BCUT2D eigenvalue weighted by Crippen LogP contribution is 2.38. The van der Waals surface area contributed by atoms with Gasteiger partial charge in [0.2, 0.25) is 17.8 Å². The Morgan fingerprint density at radius 2 is 1.89 bits per heavy atom. The van der Waals surface area contributed by atoms with Crippen LogP contribution < -0.4 is 25.6 Å². The van der Waals surface area contributed by atoms with E-state index in [4.69, 9.17) is 4.74 Å². The van der Waals surface area contributed by atoms with Crippen molar-refractivity contribution in [1.82, 2.24) is 19.9 Å².